The van der Waals surface area contributed by atoms with Crippen LogP contribution in [-0.4, -0.2) is 20.7 Å². The third kappa shape index (κ3) is 4.05. The van der Waals surface area contributed by atoms with E-state index in [2.05, 4.69) is 69.3 Å². The van der Waals surface area contributed by atoms with Crippen LogP contribution in [0.15, 0.2) is 72.8 Å². The van der Waals surface area contributed by atoms with E-state index < -0.39 is 8.32 Å². The molecule has 2 aromatic carbocycles. The van der Waals surface area contributed by atoms with Gasteiger partial charge in [-0.15, -0.1) is 0 Å². The van der Waals surface area contributed by atoms with Crippen LogP contribution >= 0.6 is 0 Å². The van der Waals surface area contributed by atoms with Gasteiger partial charge in [0.25, 0.3) is 8.32 Å². The lowest BCUT2D eigenvalue weighted by molar-refractivity contribution is -0.112. The molecule has 2 aromatic rings. The second kappa shape index (κ2) is 8.61. The second-order valence-electron chi connectivity index (χ2n) is 7.77. The highest BCUT2D eigenvalue weighted by Gasteiger charge is 2.51. The molecule has 0 aliphatic carbocycles. The Morgan fingerprint density at radius 2 is 1.38 bits per heavy atom. The first-order valence-corrected chi connectivity index (χ1v) is 11.1. The summed E-state index contributed by atoms with van der Waals surface area (Å²) in [6.45, 7) is 10.6. The van der Waals surface area contributed by atoms with Gasteiger partial charge in [-0.1, -0.05) is 101 Å². The van der Waals surface area contributed by atoms with Crippen LogP contribution in [0.4, 0.5) is 0 Å². The fraction of sp³-hybridized carbons (Fsp3) is 0.348. The summed E-state index contributed by atoms with van der Waals surface area (Å²) < 4.78 is 6.99. The topological polar surface area (TPSA) is 26.3 Å². The first-order valence-electron chi connectivity index (χ1n) is 9.23. The molecular weight excluding hydrogens is 336 g/mol. The molecule has 26 heavy (non-hydrogen) atoms. The first-order chi connectivity index (χ1) is 12.4. The van der Waals surface area contributed by atoms with Gasteiger partial charge in [0.1, 0.15) is 6.29 Å². The maximum Gasteiger partial charge on any atom is 0.261 e. The highest BCUT2D eigenvalue weighted by atomic mass is 28.4. The Balaban J connectivity index is 2.73. The Bertz CT molecular complexity index is 677. The maximum absolute atomic E-state index is 11.5. The normalized spacial score (nSPS) is 15.0. The minimum absolute atomic E-state index is 0.0991. The lowest BCUT2D eigenvalue weighted by atomic mass is 10.1. The average molecular weight is 367 g/mol. The van der Waals surface area contributed by atoms with Gasteiger partial charge in [-0.3, -0.25) is 0 Å². The lowest BCUT2D eigenvalue weighted by Gasteiger charge is -2.45. The monoisotopic (exact) mass is 366 g/mol. The van der Waals surface area contributed by atoms with Crippen molar-refractivity contribution in [1.29, 1.82) is 0 Å². The first kappa shape index (κ1) is 20.3. The molecule has 0 radical (unpaired) electrons. The Hall–Kier alpha value is -1.97. The van der Waals surface area contributed by atoms with Gasteiger partial charge < -0.3 is 9.22 Å². The molecule has 0 amide bonds. The number of hydrogen-bond donors (Lipinski definition) is 0. The summed E-state index contributed by atoms with van der Waals surface area (Å²) >= 11 is 0. The fourth-order valence-electron chi connectivity index (χ4n) is 3.48. The summed E-state index contributed by atoms with van der Waals surface area (Å²) in [6, 6.07) is 21.0. The molecule has 2 nitrogen and oxygen atoms in total. The predicted octanol–water partition coefficient (Wildman–Crippen LogP) is 4.34. The molecule has 0 saturated heterocycles. The fourth-order valence-corrected chi connectivity index (χ4v) is 8.20. The van der Waals surface area contributed by atoms with Gasteiger partial charge in [-0.2, -0.15) is 0 Å². The molecule has 0 N–H and O–H groups in total. The van der Waals surface area contributed by atoms with Crippen LogP contribution in [0.3, 0.4) is 0 Å². The van der Waals surface area contributed by atoms with Crippen LogP contribution in [-0.2, 0) is 9.22 Å². The van der Waals surface area contributed by atoms with Crippen molar-refractivity contribution in [3.05, 3.63) is 72.8 Å². The van der Waals surface area contributed by atoms with Crippen molar-refractivity contribution >= 4 is 25.0 Å². The highest BCUT2D eigenvalue weighted by molar-refractivity contribution is 6.99. The van der Waals surface area contributed by atoms with E-state index in [1.807, 2.05) is 38.1 Å². The van der Waals surface area contributed by atoms with E-state index in [0.29, 0.717) is 0 Å². The van der Waals surface area contributed by atoms with Gasteiger partial charge in [0.05, 0.1) is 6.10 Å². The van der Waals surface area contributed by atoms with Crippen LogP contribution in [0.25, 0.3) is 0 Å². The van der Waals surface area contributed by atoms with Crippen LogP contribution in [0.1, 0.15) is 34.6 Å². The summed E-state index contributed by atoms with van der Waals surface area (Å²) in [6.07, 6.45) is 4.73. The molecule has 0 aromatic heterocycles. The summed E-state index contributed by atoms with van der Waals surface area (Å²) in [7, 11) is -2.64. The van der Waals surface area contributed by atoms with E-state index in [4.69, 9.17) is 4.43 Å². The lowest BCUT2D eigenvalue weighted by Crippen LogP contribution is -2.68. The molecule has 2 rings (SSSR count). The van der Waals surface area contributed by atoms with Gasteiger partial charge in [0.15, 0.2) is 0 Å². The third-order valence-corrected chi connectivity index (χ3v) is 9.88. The molecule has 0 unspecified atom stereocenters. The summed E-state index contributed by atoms with van der Waals surface area (Å²) in [5.41, 5.74) is 0. The number of aldehydes is 1. The molecule has 0 aliphatic rings. The Labute approximate surface area is 159 Å². The van der Waals surface area contributed by atoms with E-state index in [9.17, 15) is 4.79 Å². The van der Waals surface area contributed by atoms with Crippen molar-refractivity contribution in [3.8, 4) is 0 Å². The van der Waals surface area contributed by atoms with Crippen molar-refractivity contribution in [2.45, 2.75) is 45.8 Å². The molecule has 0 heterocycles. The smallest absolute Gasteiger partial charge is 0.261 e. The summed E-state index contributed by atoms with van der Waals surface area (Å²) in [5.74, 6) is -0.201. The van der Waals surface area contributed by atoms with E-state index in [1.54, 1.807) is 0 Å². The van der Waals surface area contributed by atoms with E-state index in [-0.39, 0.29) is 17.1 Å². The van der Waals surface area contributed by atoms with Gasteiger partial charge in [0.2, 0.25) is 0 Å². The molecule has 0 saturated carbocycles. The van der Waals surface area contributed by atoms with E-state index >= 15 is 0 Å². The zero-order valence-electron chi connectivity index (χ0n) is 16.5. The van der Waals surface area contributed by atoms with Gasteiger partial charge >= 0.3 is 0 Å². The Morgan fingerprint density at radius 3 is 1.73 bits per heavy atom. The highest BCUT2D eigenvalue weighted by Crippen LogP contribution is 2.38. The van der Waals surface area contributed by atoms with Crippen LogP contribution in [0, 0.1) is 5.92 Å². The van der Waals surface area contributed by atoms with Gasteiger partial charge in [0, 0.05) is 5.92 Å². The molecule has 138 valence electrons. The number of rotatable bonds is 7. The number of carbonyl (C=O) groups is 1. The largest absolute Gasteiger partial charge is 0.400 e. The zero-order chi connectivity index (χ0) is 19.2. The van der Waals surface area contributed by atoms with Crippen molar-refractivity contribution in [2.24, 2.45) is 5.92 Å². The van der Waals surface area contributed by atoms with Crippen molar-refractivity contribution in [1.82, 2.24) is 0 Å². The molecule has 0 fully saturated rings. The molecule has 0 bridgehead atoms. The predicted molar refractivity (Wildman–Crippen MR) is 113 cm³/mol. The zero-order valence-corrected chi connectivity index (χ0v) is 17.5. The average Bonchev–Trinajstić information content (AvgIpc) is 2.65. The SMILES string of the molecule is C/C=C/[C@H](O[Si](c1ccccc1)(c1ccccc1)C(C)(C)C)[C@@H](C)C=O. The molecular formula is C23H30O2Si. The maximum atomic E-state index is 11.5. The van der Waals surface area contributed by atoms with Crippen molar-refractivity contribution in [3.63, 3.8) is 0 Å². The third-order valence-electron chi connectivity index (χ3n) is 4.84. The van der Waals surface area contributed by atoms with E-state index in [1.165, 1.54) is 10.4 Å². The minimum Gasteiger partial charge on any atom is -0.400 e. The number of benzene rings is 2. The Kier molecular flexibility index (Phi) is 6.73. The molecule has 2 atom stereocenters. The van der Waals surface area contributed by atoms with Crippen LogP contribution in [0.2, 0.25) is 5.04 Å². The van der Waals surface area contributed by atoms with Gasteiger partial charge in [-0.25, -0.2) is 0 Å². The van der Waals surface area contributed by atoms with Crippen LogP contribution < -0.4 is 10.4 Å². The van der Waals surface area contributed by atoms with Crippen molar-refractivity contribution in [2.75, 3.05) is 0 Å². The second-order valence-corrected chi connectivity index (χ2v) is 12.0. The molecule has 0 aliphatic heterocycles. The van der Waals surface area contributed by atoms with Crippen molar-refractivity contribution < 1.29 is 9.22 Å². The van der Waals surface area contributed by atoms with Crippen LogP contribution in [0.5, 0.6) is 0 Å². The van der Waals surface area contributed by atoms with Gasteiger partial charge in [-0.05, 0) is 22.3 Å². The summed E-state index contributed by atoms with van der Waals surface area (Å²) in [5, 5.41) is 2.36. The Morgan fingerprint density at radius 1 is 0.923 bits per heavy atom. The number of carbonyl (C=O) groups excluding carboxylic acids is 1. The summed E-state index contributed by atoms with van der Waals surface area (Å²) in [4.78, 5) is 11.5. The molecule has 0 spiro atoms. The van der Waals surface area contributed by atoms with E-state index in [0.717, 1.165) is 6.29 Å². The quantitative estimate of drug-likeness (QED) is 0.414. The number of allylic oxidation sites excluding steroid dienone is 1. The standard InChI is InChI=1S/C23H30O2Si/c1-6-13-22(19(2)18-24)25-26(23(3,4)5,20-14-9-7-10-15-20)21-16-11-8-12-17-21/h6-19,22H,1-5H3/b13-6+/t19-,22-/m0/s1. The molecule has 3 heteroatoms. The minimum atomic E-state index is -2.64. The number of hydrogen-bond acceptors (Lipinski definition) is 2.